The fourth-order valence-electron chi connectivity index (χ4n) is 5.28. The van der Waals surface area contributed by atoms with E-state index >= 15 is 0 Å². The largest absolute Gasteiger partial charge is 0.468 e. The number of hydrogen-bond donors (Lipinski definition) is 0. The van der Waals surface area contributed by atoms with E-state index < -0.39 is 38.7 Å². The van der Waals surface area contributed by atoms with Crippen molar-refractivity contribution in [1.29, 1.82) is 0 Å². The Bertz CT molecular complexity index is 1530. The van der Waals surface area contributed by atoms with E-state index in [1.807, 2.05) is 4.90 Å². The van der Waals surface area contributed by atoms with Crippen LogP contribution in [0.5, 0.6) is 0 Å². The van der Waals surface area contributed by atoms with Crippen LogP contribution in [0.4, 0.5) is 5.69 Å². The number of carbonyl (C=O) groups excluding carboxylic acids is 2. The van der Waals surface area contributed by atoms with Crippen molar-refractivity contribution in [2.24, 2.45) is 10.9 Å². The first-order valence-corrected chi connectivity index (χ1v) is 15.0. The zero-order chi connectivity index (χ0) is 30.6. The summed E-state index contributed by atoms with van der Waals surface area (Å²) in [6.45, 7) is 4.91. The number of nitro groups is 1. The van der Waals surface area contributed by atoms with Gasteiger partial charge in [0.05, 0.1) is 22.5 Å². The number of nitro benzene ring substituents is 1. The minimum absolute atomic E-state index is 0.0191. The predicted octanol–water partition coefficient (Wildman–Crippen LogP) is 3.42. The van der Waals surface area contributed by atoms with Crippen molar-refractivity contribution in [3.05, 3.63) is 80.5 Å². The molecule has 2 aromatic rings. The Kier molecular flexibility index (Phi) is 9.77. The summed E-state index contributed by atoms with van der Waals surface area (Å²) in [5.41, 5.74) is 0.642. The third-order valence-corrected chi connectivity index (χ3v) is 9.56. The molecule has 2 atom stereocenters. The second-order valence-corrected chi connectivity index (χ2v) is 12.3. The average Bonchev–Trinajstić information content (AvgIpc) is 2.96. The maximum Gasteiger partial charge on any atom is 0.336 e. The first kappa shape index (κ1) is 31.3. The van der Waals surface area contributed by atoms with Crippen molar-refractivity contribution >= 4 is 45.0 Å². The summed E-state index contributed by atoms with van der Waals surface area (Å²) in [5.74, 6) is -3.52. The quantitative estimate of drug-likeness (QED) is 0.234. The number of carbonyl (C=O) groups is 2. The van der Waals surface area contributed by atoms with Gasteiger partial charge in [0.2, 0.25) is 10.0 Å². The summed E-state index contributed by atoms with van der Waals surface area (Å²) < 4.78 is 37.9. The number of methoxy groups -OCH3 is 1. The molecule has 1 unspecified atom stereocenters. The molecule has 2 aromatic carbocycles. The molecular formula is C28H31ClN4O8S. The second kappa shape index (κ2) is 13.1. The van der Waals surface area contributed by atoms with Crippen LogP contribution >= 0.6 is 11.6 Å². The number of aliphatic imine (C=N–C) groups is 1. The van der Waals surface area contributed by atoms with Gasteiger partial charge in [-0.15, -0.1) is 0 Å². The molecule has 14 heteroatoms. The smallest absolute Gasteiger partial charge is 0.336 e. The molecule has 0 spiro atoms. The molecule has 0 N–H and O–H groups in total. The topological polar surface area (TPSA) is 149 Å². The molecule has 0 bridgehead atoms. The van der Waals surface area contributed by atoms with Crippen molar-refractivity contribution < 1.29 is 32.4 Å². The van der Waals surface area contributed by atoms with Gasteiger partial charge in [-0.25, -0.2) is 13.2 Å². The van der Waals surface area contributed by atoms with Crippen molar-refractivity contribution in [1.82, 2.24) is 9.21 Å². The lowest BCUT2D eigenvalue weighted by Gasteiger charge is -2.34. The van der Waals surface area contributed by atoms with Gasteiger partial charge in [-0.3, -0.25) is 24.8 Å². The van der Waals surface area contributed by atoms with E-state index in [0.717, 1.165) is 0 Å². The Morgan fingerprint density at radius 1 is 1.07 bits per heavy atom. The molecule has 0 radical (unpaired) electrons. The van der Waals surface area contributed by atoms with E-state index in [2.05, 4.69) is 4.99 Å². The van der Waals surface area contributed by atoms with Crippen LogP contribution in [0.3, 0.4) is 0 Å². The number of para-hydroxylation sites is 1. The fourth-order valence-corrected chi connectivity index (χ4v) is 6.83. The van der Waals surface area contributed by atoms with Crippen molar-refractivity contribution in [2.75, 3.05) is 46.4 Å². The summed E-state index contributed by atoms with van der Waals surface area (Å²) in [7, 11) is -2.46. The van der Waals surface area contributed by atoms with E-state index in [1.165, 1.54) is 53.9 Å². The van der Waals surface area contributed by atoms with Gasteiger partial charge in [0.1, 0.15) is 12.5 Å². The Morgan fingerprint density at radius 2 is 1.71 bits per heavy atom. The molecule has 2 aliphatic heterocycles. The van der Waals surface area contributed by atoms with Gasteiger partial charge in [0.25, 0.3) is 5.69 Å². The number of piperazine rings is 1. The molecule has 0 aromatic heterocycles. The molecule has 0 saturated carbocycles. The predicted molar refractivity (Wildman–Crippen MR) is 155 cm³/mol. The summed E-state index contributed by atoms with van der Waals surface area (Å²) in [4.78, 5) is 44.1. The zero-order valence-electron chi connectivity index (χ0n) is 23.4. The van der Waals surface area contributed by atoms with Gasteiger partial charge in [-0.2, -0.15) is 4.31 Å². The normalized spacial score (nSPS) is 20.1. The van der Waals surface area contributed by atoms with Crippen LogP contribution in [0.15, 0.2) is 69.7 Å². The highest BCUT2D eigenvalue weighted by molar-refractivity contribution is 7.89. The first-order valence-electron chi connectivity index (χ1n) is 13.2. The van der Waals surface area contributed by atoms with Gasteiger partial charge < -0.3 is 9.47 Å². The fraction of sp³-hybridized carbons (Fsp3) is 0.393. The van der Waals surface area contributed by atoms with Crippen LogP contribution in [0.1, 0.15) is 25.3 Å². The van der Waals surface area contributed by atoms with E-state index in [4.69, 9.17) is 21.1 Å². The molecule has 12 nitrogen and oxygen atoms in total. The molecule has 1 saturated heterocycles. The third kappa shape index (κ3) is 6.54. The highest BCUT2D eigenvalue weighted by Gasteiger charge is 2.44. The number of allylic oxidation sites excluding steroid dienone is 1. The Balaban J connectivity index is 1.45. The summed E-state index contributed by atoms with van der Waals surface area (Å²) in [6.07, 6.45) is 0. The molecule has 2 heterocycles. The maximum atomic E-state index is 13.5. The van der Waals surface area contributed by atoms with Crippen molar-refractivity contribution in [3.8, 4) is 0 Å². The van der Waals surface area contributed by atoms with E-state index in [1.54, 1.807) is 19.9 Å². The molecular weight excluding hydrogens is 588 g/mol. The van der Waals surface area contributed by atoms with Gasteiger partial charge in [-0.1, -0.05) is 29.8 Å². The van der Waals surface area contributed by atoms with Gasteiger partial charge in [0.15, 0.2) is 0 Å². The standard InChI is InChI=1S/C28H31ClN4O8S/c1-18-24(27(34)40-3)26(22-6-4-5-7-23(22)33(36)37)25(19(2)30-18)28(35)41-17-16-31-12-14-32(15-13-31)42(38,39)21-10-8-20(29)9-11-21/h4-11,24,26H,12-17H2,1-3H3/t24?,26-/m0/s1. The van der Waals surface area contributed by atoms with Gasteiger partial charge >= 0.3 is 11.9 Å². The Hall–Kier alpha value is -3.65. The lowest BCUT2D eigenvalue weighted by Crippen LogP contribution is -2.49. The number of sulfonamides is 1. The second-order valence-electron chi connectivity index (χ2n) is 9.88. The number of halogens is 1. The SMILES string of the molecule is COC(=O)C1C(C)=NC(C)=C(C(=O)OCCN2CCN(S(=O)(=O)c3ccc(Cl)cc3)CC2)[C@H]1c1ccccc1[N+](=O)[O-]. The maximum absolute atomic E-state index is 13.5. The number of esters is 2. The van der Waals surface area contributed by atoms with Crippen LogP contribution in [-0.4, -0.2) is 86.6 Å². The highest BCUT2D eigenvalue weighted by Crippen LogP contribution is 2.43. The van der Waals surface area contributed by atoms with Crippen LogP contribution in [0.25, 0.3) is 0 Å². The molecule has 0 amide bonds. The molecule has 2 aliphatic rings. The zero-order valence-corrected chi connectivity index (χ0v) is 24.9. The third-order valence-electron chi connectivity index (χ3n) is 7.40. The molecule has 0 aliphatic carbocycles. The lowest BCUT2D eigenvalue weighted by atomic mass is 9.75. The number of rotatable bonds is 9. The molecule has 224 valence electrons. The van der Waals surface area contributed by atoms with E-state index in [-0.39, 0.29) is 41.4 Å². The molecule has 4 rings (SSSR count). The minimum Gasteiger partial charge on any atom is -0.468 e. The Labute approximate surface area is 248 Å². The van der Waals surface area contributed by atoms with Crippen molar-refractivity contribution in [3.63, 3.8) is 0 Å². The number of nitrogens with zero attached hydrogens (tertiary/aromatic N) is 4. The monoisotopic (exact) mass is 618 g/mol. The van der Waals surface area contributed by atoms with Crippen LogP contribution < -0.4 is 0 Å². The highest BCUT2D eigenvalue weighted by atomic mass is 35.5. The number of ether oxygens (including phenoxy) is 2. The van der Waals surface area contributed by atoms with Gasteiger partial charge in [-0.05, 0) is 38.1 Å². The van der Waals surface area contributed by atoms with Crippen LogP contribution in [0, 0.1) is 16.0 Å². The van der Waals surface area contributed by atoms with Gasteiger partial charge in [0, 0.05) is 66.7 Å². The minimum atomic E-state index is -3.66. The number of hydrogen-bond acceptors (Lipinski definition) is 10. The summed E-state index contributed by atoms with van der Waals surface area (Å²) in [6, 6.07) is 11.9. The van der Waals surface area contributed by atoms with Crippen molar-refractivity contribution in [2.45, 2.75) is 24.7 Å². The lowest BCUT2D eigenvalue weighted by molar-refractivity contribution is -0.385. The summed E-state index contributed by atoms with van der Waals surface area (Å²) >= 11 is 5.88. The average molecular weight is 619 g/mol. The van der Waals surface area contributed by atoms with E-state index in [0.29, 0.717) is 36.1 Å². The molecule has 1 fully saturated rings. The van der Waals surface area contributed by atoms with Crippen LogP contribution in [0.2, 0.25) is 5.02 Å². The van der Waals surface area contributed by atoms with E-state index in [9.17, 15) is 28.1 Å². The first-order chi connectivity index (χ1) is 19.9. The molecule has 42 heavy (non-hydrogen) atoms. The summed E-state index contributed by atoms with van der Waals surface area (Å²) in [5, 5.41) is 12.3. The Morgan fingerprint density at radius 3 is 2.33 bits per heavy atom. The number of benzene rings is 2. The van der Waals surface area contributed by atoms with Crippen LogP contribution in [-0.2, 0) is 29.1 Å².